The molecule has 2 rings (SSSR count). The molecule has 21 heavy (non-hydrogen) atoms. The fourth-order valence-electron chi connectivity index (χ4n) is 2.67. The lowest BCUT2D eigenvalue weighted by Gasteiger charge is -2.32. The number of benzene rings is 1. The van der Waals surface area contributed by atoms with Crippen molar-refractivity contribution in [3.8, 4) is 0 Å². The summed E-state index contributed by atoms with van der Waals surface area (Å²) in [5, 5.41) is 4.29. The van der Waals surface area contributed by atoms with Crippen LogP contribution in [0.25, 0.3) is 0 Å². The third-order valence-corrected chi connectivity index (χ3v) is 4.01. The highest BCUT2D eigenvalue weighted by atomic mass is 16.2. The first-order valence-electron chi connectivity index (χ1n) is 7.81. The Morgan fingerprint density at radius 2 is 2.14 bits per heavy atom. The van der Waals surface area contributed by atoms with E-state index in [1.807, 2.05) is 42.2 Å². The van der Waals surface area contributed by atoms with Crippen LogP contribution < -0.4 is 5.43 Å². The normalized spacial score (nSPS) is 19.4. The highest BCUT2D eigenvalue weighted by Gasteiger charge is 2.22. The van der Waals surface area contributed by atoms with E-state index in [4.69, 9.17) is 0 Å². The third kappa shape index (κ3) is 4.88. The zero-order valence-corrected chi connectivity index (χ0v) is 13.0. The van der Waals surface area contributed by atoms with E-state index in [1.165, 1.54) is 6.42 Å². The van der Waals surface area contributed by atoms with Gasteiger partial charge in [-0.3, -0.25) is 10.2 Å². The van der Waals surface area contributed by atoms with Crippen LogP contribution in [0.5, 0.6) is 0 Å². The van der Waals surface area contributed by atoms with Crippen molar-refractivity contribution in [2.24, 2.45) is 11.0 Å². The Labute approximate surface area is 127 Å². The van der Waals surface area contributed by atoms with Gasteiger partial charge in [0, 0.05) is 18.8 Å². The number of carbonyl (C=O) groups is 1. The monoisotopic (exact) mass is 287 g/mol. The molecule has 1 aliphatic heterocycles. The number of anilines is 1. The quantitative estimate of drug-likeness (QED) is 0.665. The van der Waals surface area contributed by atoms with Crippen molar-refractivity contribution in [3.05, 3.63) is 30.3 Å². The molecule has 0 aliphatic carbocycles. The van der Waals surface area contributed by atoms with E-state index < -0.39 is 0 Å². The Bertz CT molecular complexity index is 484. The molecular weight excluding hydrogens is 262 g/mol. The van der Waals surface area contributed by atoms with Crippen LogP contribution in [0, 0.1) is 5.92 Å². The van der Waals surface area contributed by atoms with E-state index in [9.17, 15) is 4.79 Å². The molecule has 1 aliphatic rings. The molecule has 1 heterocycles. The van der Waals surface area contributed by atoms with Crippen LogP contribution in [-0.2, 0) is 4.79 Å². The molecule has 0 unspecified atom stereocenters. The maximum atomic E-state index is 12.3. The molecule has 114 valence electrons. The van der Waals surface area contributed by atoms with Gasteiger partial charge < -0.3 is 4.90 Å². The second-order valence-electron chi connectivity index (χ2n) is 5.76. The van der Waals surface area contributed by atoms with Gasteiger partial charge in [0.15, 0.2) is 0 Å². The first-order valence-corrected chi connectivity index (χ1v) is 7.81. The number of hydrogen-bond donors (Lipinski definition) is 1. The van der Waals surface area contributed by atoms with Gasteiger partial charge in [0.25, 0.3) is 0 Å². The molecule has 1 fully saturated rings. The van der Waals surface area contributed by atoms with Gasteiger partial charge in [0.05, 0.1) is 12.1 Å². The molecule has 1 saturated heterocycles. The van der Waals surface area contributed by atoms with Gasteiger partial charge in [-0.05, 0) is 37.8 Å². The first kappa shape index (κ1) is 15.5. The molecule has 0 spiro atoms. The number of nitrogens with one attached hydrogen (secondary N) is 1. The Morgan fingerprint density at radius 3 is 2.86 bits per heavy atom. The molecule has 4 heteroatoms. The zero-order valence-electron chi connectivity index (χ0n) is 13.0. The van der Waals surface area contributed by atoms with Gasteiger partial charge in [-0.1, -0.05) is 31.5 Å². The van der Waals surface area contributed by atoms with E-state index in [2.05, 4.69) is 17.5 Å². The average molecular weight is 287 g/mol. The summed E-state index contributed by atoms with van der Waals surface area (Å²) in [6.45, 7) is 5.91. The van der Waals surface area contributed by atoms with Crippen molar-refractivity contribution in [1.29, 1.82) is 0 Å². The molecule has 0 aromatic heterocycles. The third-order valence-electron chi connectivity index (χ3n) is 4.01. The molecule has 1 aromatic rings. The highest BCUT2D eigenvalue weighted by Crippen LogP contribution is 2.19. The van der Waals surface area contributed by atoms with Crippen molar-refractivity contribution >= 4 is 17.3 Å². The van der Waals surface area contributed by atoms with Crippen molar-refractivity contribution in [1.82, 2.24) is 4.90 Å². The molecule has 0 radical (unpaired) electrons. The smallest absolute Gasteiger partial charge is 0.228 e. The fourth-order valence-corrected chi connectivity index (χ4v) is 2.67. The van der Waals surface area contributed by atoms with Crippen molar-refractivity contribution in [3.63, 3.8) is 0 Å². The van der Waals surface area contributed by atoms with E-state index in [0.29, 0.717) is 12.3 Å². The maximum Gasteiger partial charge on any atom is 0.228 e. The van der Waals surface area contributed by atoms with Crippen LogP contribution in [0.1, 0.15) is 39.5 Å². The van der Waals surface area contributed by atoms with Gasteiger partial charge in [-0.25, -0.2) is 0 Å². The van der Waals surface area contributed by atoms with Gasteiger partial charge in [-0.15, -0.1) is 0 Å². The predicted molar refractivity (Wildman–Crippen MR) is 87.4 cm³/mol. The summed E-state index contributed by atoms with van der Waals surface area (Å²) in [5.74, 6) is 0.867. The van der Waals surface area contributed by atoms with E-state index in [1.54, 1.807) is 0 Å². The van der Waals surface area contributed by atoms with E-state index in [0.717, 1.165) is 37.3 Å². The molecular formula is C17H25N3O. The van der Waals surface area contributed by atoms with Crippen LogP contribution in [0.2, 0.25) is 0 Å². The summed E-state index contributed by atoms with van der Waals surface area (Å²) < 4.78 is 0. The largest absolute Gasteiger partial charge is 0.342 e. The molecule has 1 amide bonds. The fraction of sp³-hybridized carbons (Fsp3) is 0.529. The van der Waals surface area contributed by atoms with Crippen LogP contribution in [-0.4, -0.2) is 29.6 Å². The van der Waals surface area contributed by atoms with E-state index >= 15 is 0 Å². The number of nitrogens with zero attached hydrogens (tertiary/aromatic N) is 2. The number of piperidine rings is 1. The Morgan fingerprint density at radius 1 is 1.38 bits per heavy atom. The topological polar surface area (TPSA) is 44.7 Å². The van der Waals surface area contributed by atoms with Crippen LogP contribution in [0.3, 0.4) is 0 Å². The van der Waals surface area contributed by atoms with Gasteiger partial charge in [-0.2, -0.15) is 5.10 Å². The number of carbonyl (C=O) groups excluding carboxylic acids is 1. The van der Waals surface area contributed by atoms with Gasteiger partial charge >= 0.3 is 0 Å². The Hall–Kier alpha value is -1.84. The molecule has 4 nitrogen and oxygen atoms in total. The number of para-hydroxylation sites is 1. The van der Waals surface area contributed by atoms with Crippen LogP contribution in [0.4, 0.5) is 5.69 Å². The maximum absolute atomic E-state index is 12.3. The summed E-state index contributed by atoms with van der Waals surface area (Å²) in [4.78, 5) is 14.3. The van der Waals surface area contributed by atoms with Gasteiger partial charge in [0.1, 0.15) is 0 Å². The summed E-state index contributed by atoms with van der Waals surface area (Å²) in [5.41, 5.74) is 4.75. The average Bonchev–Trinajstić information content (AvgIpc) is 2.54. The number of rotatable bonds is 5. The SMILES string of the molecule is CC[C@H]1CCCN(C(=O)C/C(C)=N\Nc2ccccc2)C1. The Balaban J connectivity index is 1.84. The number of likely N-dealkylation sites (tertiary alicyclic amines) is 1. The van der Waals surface area contributed by atoms with E-state index in [-0.39, 0.29) is 5.91 Å². The van der Waals surface area contributed by atoms with Crippen LogP contribution in [0.15, 0.2) is 35.4 Å². The zero-order chi connectivity index (χ0) is 15.1. The Kier molecular flexibility index (Phi) is 5.78. The molecule has 1 N–H and O–H groups in total. The van der Waals surface area contributed by atoms with Crippen LogP contribution >= 0.6 is 0 Å². The lowest BCUT2D eigenvalue weighted by atomic mass is 9.95. The summed E-state index contributed by atoms with van der Waals surface area (Å²) >= 11 is 0. The van der Waals surface area contributed by atoms with Crippen molar-refractivity contribution in [2.45, 2.75) is 39.5 Å². The predicted octanol–water partition coefficient (Wildman–Crippen LogP) is 3.51. The van der Waals surface area contributed by atoms with Crippen molar-refractivity contribution in [2.75, 3.05) is 18.5 Å². The first-order chi connectivity index (χ1) is 10.2. The second kappa shape index (κ2) is 7.81. The molecule has 0 saturated carbocycles. The lowest BCUT2D eigenvalue weighted by molar-refractivity contribution is -0.131. The minimum atomic E-state index is 0.198. The molecule has 1 atom stereocenters. The summed E-state index contributed by atoms with van der Waals surface area (Å²) in [7, 11) is 0. The molecule has 0 bridgehead atoms. The minimum Gasteiger partial charge on any atom is -0.342 e. The highest BCUT2D eigenvalue weighted by molar-refractivity contribution is 6.00. The number of hydrogen-bond acceptors (Lipinski definition) is 3. The summed E-state index contributed by atoms with van der Waals surface area (Å²) in [6, 6.07) is 9.78. The lowest BCUT2D eigenvalue weighted by Crippen LogP contribution is -2.40. The number of amides is 1. The summed E-state index contributed by atoms with van der Waals surface area (Å²) in [6.07, 6.45) is 3.94. The second-order valence-corrected chi connectivity index (χ2v) is 5.76. The van der Waals surface area contributed by atoms with Gasteiger partial charge in [0.2, 0.25) is 5.91 Å². The minimum absolute atomic E-state index is 0.198. The number of hydrazone groups is 1. The van der Waals surface area contributed by atoms with Crippen molar-refractivity contribution < 1.29 is 4.79 Å². The standard InChI is InChI=1S/C17H25N3O/c1-3-15-8-7-11-20(13-15)17(21)12-14(2)18-19-16-9-5-4-6-10-16/h4-6,9-10,15,19H,3,7-8,11-13H2,1-2H3/b18-14-/t15-/m0/s1. The molecule has 1 aromatic carbocycles.